The van der Waals surface area contributed by atoms with Gasteiger partial charge in [0, 0.05) is 32.8 Å². The second-order valence-corrected chi connectivity index (χ2v) is 4.28. The van der Waals surface area contributed by atoms with E-state index < -0.39 is 17.5 Å². The first kappa shape index (κ1) is 13.6. The molecule has 0 saturated heterocycles. The molecule has 1 aromatic heterocycles. The zero-order valence-corrected chi connectivity index (χ0v) is 10.5. The maximum atomic E-state index is 13.0. The Kier molecular flexibility index (Phi) is 4.21. The Bertz CT molecular complexity index is 543. The molecule has 0 aliphatic carbocycles. The van der Waals surface area contributed by atoms with Crippen LogP contribution in [0.2, 0.25) is 0 Å². The Morgan fingerprint density at radius 3 is 2.47 bits per heavy atom. The van der Waals surface area contributed by atoms with Crippen molar-refractivity contribution in [2.45, 2.75) is 13.0 Å². The molecule has 6 heteroatoms. The quantitative estimate of drug-likeness (QED) is 0.666. The molecular weight excluding hydrogens is 255 g/mol. The van der Waals surface area contributed by atoms with Crippen molar-refractivity contribution in [3.05, 3.63) is 53.1 Å². The molecule has 0 atom stereocenters. The molecule has 0 unspecified atom stereocenters. The van der Waals surface area contributed by atoms with Crippen LogP contribution in [0.1, 0.15) is 11.3 Å². The van der Waals surface area contributed by atoms with E-state index in [4.69, 9.17) is 0 Å². The number of aromatic nitrogens is 2. The van der Waals surface area contributed by atoms with Crippen molar-refractivity contribution >= 4 is 0 Å². The largest absolute Gasteiger partial charge is 0.312 e. The topological polar surface area (TPSA) is 29.9 Å². The van der Waals surface area contributed by atoms with Crippen molar-refractivity contribution in [2.75, 3.05) is 6.54 Å². The molecule has 0 amide bonds. The lowest BCUT2D eigenvalue weighted by Gasteiger charge is -2.05. The van der Waals surface area contributed by atoms with Crippen molar-refractivity contribution in [3.63, 3.8) is 0 Å². The summed E-state index contributed by atoms with van der Waals surface area (Å²) in [5, 5.41) is 7.23. The molecule has 102 valence electrons. The summed E-state index contributed by atoms with van der Waals surface area (Å²) in [6, 6.07) is 3.89. The maximum absolute atomic E-state index is 13.0. The summed E-state index contributed by atoms with van der Waals surface area (Å²) in [4.78, 5) is 0. The summed E-state index contributed by atoms with van der Waals surface area (Å²) in [7, 11) is 1.83. The first-order valence-corrected chi connectivity index (χ1v) is 5.89. The Morgan fingerprint density at radius 2 is 1.89 bits per heavy atom. The predicted molar refractivity (Wildman–Crippen MR) is 64.9 cm³/mol. The number of rotatable bonds is 5. The molecule has 0 aliphatic rings. The normalized spacial score (nSPS) is 10.9. The minimum absolute atomic E-state index is 0.279. The van der Waals surface area contributed by atoms with Gasteiger partial charge in [-0.05, 0) is 23.8 Å². The van der Waals surface area contributed by atoms with Crippen LogP contribution in [0.25, 0.3) is 0 Å². The molecule has 1 N–H and O–H groups in total. The Balaban J connectivity index is 1.83. The lowest BCUT2D eigenvalue weighted by Crippen LogP contribution is -2.17. The monoisotopic (exact) mass is 269 g/mol. The molecule has 2 rings (SSSR count). The summed E-state index contributed by atoms with van der Waals surface area (Å²) < 4.78 is 40.4. The number of hydrogen-bond donors (Lipinski definition) is 1. The molecule has 0 fully saturated rings. The number of aryl methyl sites for hydroxylation is 1. The van der Waals surface area contributed by atoms with Crippen molar-refractivity contribution in [1.82, 2.24) is 15.1 Å². The van der Waals surface area contributed by atoms with Crippen LogP contribution in [-0.4, -0.2) is 16.3 Å². The fourth-order valence-electron chi connectivity index (χ4n) is 1.76. The van der Waals surface area contributed by atoms with E-state index in [1.807, 2.05) is 19.3 Å². The highest BCUT2D eigenvalue weighted by molar-refractivity contribution is 5.19. The van der Waals surface area contributed by atoms with Gasteiger partial charge in [0.1, 0.15) is 0 Å². The van der Waals surface area contributed by atoms with Crippen LogP contribution >= 0.6 is 0 Å². The van der Waals surface area contributed by atoms with Gasteiger partial charge in [-0.1, -0.05) is 0 Å². The Hall–Kier alpha value is -1.82. The van der Waals surface area contributed by atoms with E-state index in [2.05, 4.69) is 10.4 Å². The van der Waals surface area contributed by atoms with Gasteiger partial charge in [0.05, 0.1) is 5.69 Å². The molecular formula is C13H14F3N3. The third-order valence-electron chi connectivity index (χ3n) is 2.70. The summed E-state index contributed by atoms with van der Waals surface area (Å²) in [6.07, 6.45) is 2.56. The zero-order chi connectivity index (χ0) is 13.8. The molecule has 3 nitrogen and oxygen atoms in total. The van der Waals surface area contributed by atoms with Crippen molar-refractivity contribution in [2.24, 2.45) is 7.05 Å². The highest BCUT2D eigenvalue weighted by atomic mass is 19.2. The van der Waals surface area contributed by atoms with Gasteiger partial charge in [0.15, 0.2) is 17.5 Å². The van der Waals surface area contributed by atoms with Gasteiger partial charge in [-0.3, -0.25) is 4.68 Å². The second kappa shape index (κ2) is 5.88. The van der Waals surface area contributed by atoms with Gasteiger partial charge < -0.3 is 5.32 Å². The molecule has 1 heterocycles. The van der Waals surface area contributed by atoms with Crippen LogP contribution in [0.3, 0.4) is 0 Å². The van der Waals surface area contributed by atoms with Gasteiger partial charge in [-0.2, -0.15) is 5.10 Å². The van der Waals surface area contributed by atoms with E-state index in [1.165, 1.54) is 0 Å². The van der Waals surface area contributed by atoms with Gasteiger partial charge in [-0.15, -0.1) is 0 Å². The fraction of sp³-hybridized carbons (Fsp3) is 0.308. The van der Waals surface area contributed by atoms with Crippen molar-refractivity contribution in [3.8, 4) is 0 Å². The molecule has 0 aliphatic heterocycles. The van der Waals surface area contributed by atoms with Gasteiger partial charge in [0.25, 0.3) is 0 Å². The van der Waals surface area contributed by atoms with Crippen LogP contribution in [0.15, 0.2) is 24.4 Å². The highest BCUT2D eigenvalue weighted by Gasteiger charge is 2.10. The number of benzene rings is 1. The first-order chi connectivity index (χ1) is 9.06. The molecule has 0 spiro atoms. The molecule has 19 heavy (non-hydrogen) atoms. The maximum Gasteiger partial charge on any atom is 0.194 e. The highest BCUT2D eigenvalue weighted by Crippen LogP contribution is 2.13. The van der Waals surface area contributed by atoms with E-state index in [0.717, 1.165) is 17.8 Å². The smallest absolute Gasteiger partial charge is 0.194 e. The average molecular weight is 269 g/mol. The molecule has 2 aromatic rings. The summed E-state index contributed by atoms with van der Waals surface area (Å²) in [5.74, 6) is -3.76. The molecule has 0 radical (unpaired) electrons. The number of nitrogens with zero attached hydrogens (tertiary/aromatic N) is 2. The predicted octanol–water partition coefficient (Wildman–Crippen LogP) is 2.17. The van der Waals surface area contributed by atoms with Crippen LogP contribution < -0.4 is 5.32 Å². The molecule has 0 bridgehead atoms. The minimum atomic E-state index is -1.43. The van der Waals surface area contributed by atoms with Crippen LogP contribution in [0.4, 0.5) is 13.2 Å². The van der Waals surface area contributed by atoms with E-state index in [-0.39, 0.29) is 6.54 Å². The average Bonchev–Trinajstić information content (AvgIpc) is 2.77. The third kappa shape index (κ3) is 3.57. The summed E-state index contributed by atoms with van der Waals surface area (Å²) in [5.41, 5.74) is 1.31. The Labute approximate surface area is 109 Å². The Morgan fingerprint density at radius 1 is 1.21 bits per heavy atom. The SMILES string of the molecule is Cn1ccc(CCNCc2cc(F)c(F)c(F)c2)n1. The molecule has 0 saturated carbocycles. The minimum Gasteiger partial charge on any atom is -0.312 e. The van der Waals surface area contributed by atoms with E-state index in [9.17, 15) is 13.2 Å². The first-order valence-electron chi connectivity index (χ1n) is 5.89. The van der Waals surface area contributed by atoms with Crippen LogP contribution in [-0.2, 0) is 20.0 Å². The number of halogens is 3. The van der Waals surface area contributed by atoms with Crippen LogP contribution in [0, 0.1) is 17.5 Å². The standard InChI is InChI=1S/C13H14F3N3/c1-19-5-3-10(18-19)2-4-17-8-9-6-11(14)13(16)12(15)7-9/h3,5-7,17H,2,4,8H2,1H3. The number of nitrogens with one attached hydrogen (secondary N) is 1. The lowest BCUT2D eigenvalue weighted by atomic mass is 10.2. The van der Waals surface area contributed by atoms with E-state index in [0.29, 0.717) is 18.5 Å². The fourth-order valence-corrected chi connectivity index (χ4v) is 1.76. The van der Waals surface area contributed by atoms with Gasteiger partial charge in [0.2, 0.25) is 0 Å². The third-order valence-corrected chi connectivity index (χ3v) is 2.70. The van der Waals surface area contributed by atoms with Gasteiger partial charge in [-0.25, -0.2) is 13.2 Å². The van der Waals surface area contributed by atoms with E-state index >= 15 is 0 Å². The number of hydrogen-bond acceptors (Lipinski definition) is 2. The second-order valence-electron chi connectivity index (χ2n) is 4.28. The van der Waals surface area contributed by atoms with E-state index in [1.54, 1.807) is 4.68 Å². The van der Waals surface area contributed by atoms with Crippen molar-refractivity contribution < 1.29 is 13.2 Å². The summed E-state index contributed by atoms with van der Waals surface area (Å²) in [6.45, 7) is 0.901. The van der Waals surface area contributed by atoms with Gasteiger partial charge >= 0.3 is 0 Å². The van der Waals surface area contributed by atoms with Crippen molar-refractivity contribution in [1.29, 1.82) is 0 Å². The van der Waals surface area contributed by atoms with Crippen LogP contribution in [0.5, 0.6) is 0 Å². The lowest BCUT2D eigenvalue weighted by molar-refractivity contribution is 0.444. The summed E-state index contributed by atoms with van der Waals surface area (Å²) >= 11 is 0. The molecule has 1 aromatic carbocycles. The zero-order valence-electron chi connectivity index (χ0n) is 10.5.